The molecule has 1 heterocycles. The summed E-state index contributed by atoms with van der Waals surface area (Å²) in [6.07, 6.45) is 1.66. The molecule has 6 heteroatoms. The Labute approximate surface area is 103 Å². The van der Waals surface area contributed by atoms with E-state index >= 15 is 0 Å². The predicted molar refractivity (Wildman–Crippen MR) is 66.2 cm³/mol. The van der Waals surface area contributed by atoms with Crippen molar-refractivity contribution in [1.29, 1.82) is 0 Å². The highest BCUT2D eigenvalue weighted by molar-refractivity contribution is 6.31. The van der Waals surface area contributed by atoms with E-state index in [-0.39, 0.29) is 0 Å². The Balaban J connectivity index is 2.50. The number of halogens is 1. The van der Waals surface area contributed by atoms with E-state index in [9.17, 15) is 4.79 Å². The number of hydrogen-bond acceptors (Lipinski definition) is 3. The van der Waals surface area contributed by atoms with Gasteiger partial charge in [-0.25, -0.2) is 4.68 Å². The van der Waals surface area contributed by atoms with Crippen LogP contribution in [0.15, 0.2) is 24.4 Å². The standard InChI is InChI=1S/C11H11ClN4O/c1-6-8(12)5-16(15-6)10-3-2-7(11(14)17)4-9(10)13/h2-5H,13H2,1H3,(H2,14,17). The van der Waals surface area contributed by atoms with Crippen LogP contribution in [0.3, 0.4) is 0 Å². The topological polar surface area (TPSA) is 86.9 Å². The zero-order chi connectivity index (χ0) is 12.6. The van der Waals surface area contributed by atoms with E-state index in [0.29, 0.717) is 27.7 Å². The molecule has 0 fully saturated rings. The van der Waals surface area contributed by atoms with Crippen molar-refractivity contribution in [3.8, 4) is 5.69 Å². The van der Waals surface area contributed by atoms with Crippen LogP contribution in [0.25, 0.3) is 5.69 Å². The quantitative estimate of drug-likeness (QED) is 0.792. The van der Waals surface area contributed by atoms with E-state index in [4.69, 9.17) is 23.1 Å². The maximum Gasteiger partial charge on any atom is 0.248 e. The lowest BCUT2D eigenvalue weighted by atomic mass is 10.1. The van der Waals surface area contributed by atoms with E-state index in [2.05, 4.69) is 5.10 Å². The van der Waals surface area contributed by atoms with Crippen LogP contribution in [-0.2, 0) is 0 Å². The lowest BCUT2D eigenvalue weighted by molar-refractivity contribution is 0.100. The fraction of sp³-hybridized carbons (Fsp3) is 0.0909. The smallest absolute Gasteiger partial charge is 0.248 e. The second kappa shape index (κ2) is 4.10. The molecule has 17 heavy (non-hydrogen) atoms. The number of nitrogen functional groups attached to an aromatic ring is 1. The summed E-state index contributed by atoms with van der Waals surface area (Å²) in [6.45, 7) is 1.80. The molecule has 0 aliphatic rings. The van der Waals surface area contributed by atoms with Crippen LogP contribution in [0.5, 0.6) is 0 Å². The van der Waals surface area contributed by atoms with Gasteiger partial charge in [0.1, 0.15) is 0 Å². The van der Waals surface area contributed by atoms with Gasteiger partial charge in [0.2, 0.25) is 5.91 Å². The van der Waals surface area contributed by atoms with Gasteiger partial charge in [-0.1, -0.05) is 11.6 Å². The van der Waals surface area contributed by atoms with Gasteiger partial charge in [0.15, 0.2) is 0 Å². The zero-order valence-corrected chi connectivity index (χ0v) is 9.90. The molecule has 5 nitrogen and oxygen atoms in total. The van der Waals surface area contributed by atoms with Crippen LogP contribution in [0, 0.1) is 6.92 Å². The number of rotatable bonds is 2. The predicted octanol–water partition coefficient (Wildman–Crippen LogP) is 1.52. The molecule has 1 aromatic carbocycles. The minimum Gasteiger partial charge on any atom is -0.397 e. The molecule has 4 N–H and O–H groups in total. The summed E-state index contributed by atoms with van der Waals surface area (Å²) < 4.78 is 1.57. The fourth-order valence-corrected chi connectivity index (χ4v) is 1.61. The molecule has 0 radical (unpaired) electrons. The van der Waals surface area contributed by atoms with Gasteiger partial charge in [0.25, 0.3) is 0 Å². The number of anilines is 1. The van der Waals surface area contributed by atoms with E-state index in [1.807, 2.05) is 0 Å². The molecule has 1 aromatic heterocycles. The first-order chi connectivity index (χ1) is 7.99. The summed E-state index contributed by atoms with van der Waals surface area (Å²) in [4.78, 5) is 11.0. The number of hydrogen-bond donors (Lipinski definition) is 2. The van der Waals surface area contributed by atoms with E-state index in [1.54, 1.807) is 29.9 Å². The van der Waals surface area contributed by atoms with Gasteiger partial charge >= 0.3 is 0 Å². The molecule has 0 atom stereocenters. The van der Waals surface area contributed by atoms with Crippen molar-refractivity contribution in [3.05, 3.63) is 40.7 Å². The largest absolute Gasteiger partial charge is 0.397 e. The van der Waals surface area contributed by atoms with Crippen LogP contribution in [0.2, 0.25) is 5.02 Å². The van der Waals surface area contributed by atoms with Crippen LogP contribution < -0.4 is 11.5 Å². The lowest BCUT2D eigenvalue weighted by Crippen LogP contribution is -2.12. The molecular weight excluding hydrogens is 240 g/mol. The van der Waals surface area contributed by atoms with E-state index in [0.717, 1.165) is 0 Å². The molecule has 0 spiro atoms. The zero-order valence-electron chi connectivity index (χ0n) is 9.14. The third-order valence-electron chi connectivity index (χ3n) is 2.40. The van der Waals surface area contributed by atoms with Crippen LogP contribution in [-0.4, -0.2) is 15.7 Å². The lowest BCUT2D eigenvalue weighted by Gasteiger charge is -2.06. The number of aromatic nitrogens is 2. The van der Waals surface area contributed by atoms with Gasteiger partial charge in [0.05, 0.1) is 22.1 Å². The van der Waals surface area contributed by atoms with Crippen molar-refractivity contribution >= 4 is 23.2 Å². The molecule has 2 aromatic rings. The molecule has 2 rings (SSSR count). The second-order valence-electron chi connectivity index (χ2n) is 3.64. The Hall–Kier alpha value is -2.01. The first-order valence-electron chi connectivity index (χ1n) is 4.90. The fourth-order valence-electron chi connectivity index (χ4n) is 1.48. The van der Waals surface area contributed by atoms with Crippen LogP contribution in [0.1, 0.15) is 16.1 Å². The number of aryl methyl sites for hydroxylation is 1. The van der Waals surface area contributed by atoms with Gasteiger partial charge in [-0.3, -0.25) is 4.79 Å². The Kier molecular flexibility index (Phi) is 2.77. The monoisotopic (exact) mass is 250 g/mol. The number of carbonyl (C=O) groups excluding carboxylic acids is 1. The summed E-state index contributed by atoms with van der Waals surface area (Å²) in [7, 11) is 0. The average Bonchev–Trinajstić information content (AvgIpc) is 2.58. The molecule has 88 valence electrons. The highest BCUT2D eigenvalue weighted by Crippen LogP contribution is 2.21. The minimum absolute atomic E-state index is 0.362. The minimum atomic E-state index is -0.516. The van der Waals surface area contributed by atoms with Crippen molar-refractivity contribution in [2.45, 2.75) is 6.92 Å². The summed E-state index contributed by atoms with van der Waals surface area (Å²) in [5.41, 5.74) is 13.2. The van der Waals surface area contributed by atoms with Crippen molar-refractivity contribution in [2.24, 2.45) is 5.73 Å². The van der Waals surface area contributed by atoms with Crippen molar-refractivity contribution in [1.82, 2.24) is 9.78 Å². The third-order valence-corrected chi connectivity index (χ3v) is 2.77. The summed E-state index contributed by atoms with van der Waals surface area (Å²) in [5, 5.41) is 4.76. The molecule has 0 unspecified atom stereocenters. The summed E-state index contributed by atoms with van der Waals surface area (Å²) in [5.74, 6) is -0.516. The van der Waals surface area contributed by atoms with E-state index in [1.165, 1.54) is 6.07 Å². The van der Waals surface area contributed by atoms with Crippen LogP contribution in [0.4, 0.5) is 5.69 Å². The molecule has 0 bridgehead atoms. The number of benzene rings is 1. The molecule has 0 saturated heterocycles. The van der Waals surface area contributed by atoms with E-state index < -0.39 is 5.91 Å². The molecule has 0 aliphatic carbocycles. The number of carbonyl (C=O) groups is 1. The van der Waals surface area contributed by atoms with Crippen LogP contribution >= 0.6 is 11.6 Å². The summed E-state index contributed by atoms with van der Waals surface area (Å²) in [6, 6.07) is 4.79. The van der Waals surface area contributed by atoms with Crippen molar-refractivity contribution in [2.75, 3.05) is 5.73 Å². The van der Waals surface area contributed by atoms with Gasteiger partial charge in [-0.15, -0.1) is 0 Å². The van der Waals surface area contributed by atoms with Gasteiger partial charge < -0.3 is 11.5 Å². The highest BCUT2D eigenvalue weighted by Gasteiger charge is 2.09. The molecule has 1 amide bonds. The summed E-state index contributed by atoms with van der Waals surface area (Å²) >= 11 is 5.92. The van der Waals surface area contributed by atoms with Gasteiger partial charge in [-0.2, -0.15) is 5.10 Å². The Morgan fingerprint density at radius 1 is 1.47 bits per heavy atom. The maximum absolute atomic E-state index is 11.0. The van der Waals surface area contributed by atoms with Gasteiger partial charge in [-0.05, 0) is 25.1 Å². The Morgan fingerprint density at radius 2 is 2.18 bits per heavy atom. The average molecular weight is 251 g/mol. The molecule has 0 saturated carbocycles. The second-order valence-corrected chi connectivity index (χ2v) is 4.05. The maximum atomic E-state index is 11.0. The first-order valence-corrected chi connectivity index (χ1v) is 5.28. The first kappa shape index (κ1) is 11.5. The molecule has 0 aliphatic heterocycles. The van der Waals surface area contributed by atoms with Gasteiger partial charge in [0, 0.05) is 11.8 Å². The normalized spacial score (nSPS) is 10.5. The molecular formula is C11H11ClN4O. The Bertz CT molecular complexity index is 572. The Morgan fingerprint density at radius 3 is 2.65 bits per heavy atom. The van der Waals surface area contributed by atoms with Crippen molar-refractivity contribution in [3.63, 3.8) is 0 Å². The highest BCUT2D eigenvalue weighted by atomic mass is 35.5. The number of primary amides is 1. The number of nitrogens with two attached hydrogens (primary N) is 2. The number of nitrogens with zero attached hydrogens (tertiary/aromatic N) is 2. The third kappa shape index (κ3) is 2.09. The SMILES string of the molecule is Cc1nn(-c2ccc(C(N)=O)cc2N)cc1Cl. The van der Waals surface area contributed by atoms with Crippen molar-refractivity contribution < 1.29 is 4.79 Å². The number of amides is 1.